The van der Waals surface area contributed by atoms with Crippen molar-refractivity contribution < 1.29 is 14.3 Å². The van der Waals surface area contributed by atoms with Crippen LogP contribution in [-0.4, -0.2) is 54.2 Å². The first kappa shape index (κ1) is 24.9. The Bertz CT molecular complexity index is 1180. The molecular weight excluding hydrogens is 462 g/mol. The summed E-state index contributed by atoms with van der Waals surface area (Å²) in [6.45, 7) is 7.94. The molecule has 1 aliphatic rings. The van der Waals surface area contributed by atoms with Gasteiger partial charge in [0, 0.05) is 54.8 Å². The number of thiazole rings is 1. The largest absolute Gasteiger partial charge is 0.380 e. The number of benzene rings is 1. The summed E-state index contributed by atoms with van der Waals surface area (Å²) in [5.74, 6) is -0.601. The second kappa shape index (κ2) is 10.6. The number of carbonyl (C=O) groups excluding carboxylic acids is 2. The lowest BCUT2D eigenvalue weighted by Crippen LogP contribution is -2.39. The molecule has 3 aromatic rings. The van der Waals surface area contributed by atoms with E-state index in [1.165, 1.54) is 11.3 Å². The highest BCUT2D eigenvalue weighted by Gasteiger charge is 2.20. The topological polar surface area (TPSA) is 88.5 Å². The van der Waals surface area contributed by atoms with E-state index in [9.17, 15) is 9.59 Å². The van der Waals surface area contributed by atoms with Gasteiger partial charge < -0.3 is 24.8 Å². The minimum Gasteiger partial charge on any atom is -0.380 e. The third-order valence-corrected chi connectivity index (χ3v) is 6.87. The molecule has 1 aliphatic heterocycles. The number of carbonyl (C=O) groups is 2. The van der Waals surface area contributed by atoms with Crippen molar-refractivity contribution in [2.45, 2.75) is 45.3 Å². The van der Waals surface area contributed by atoms with E-state index in [0.717, 1.165) is 42.9 Å². The van der Waals surface area contributed by atoms with Crippen LogP contribution in [0.1, 0.15) is 44.0 Å². The summed E-state index contributed by atoms with van der Waals surface area (Å²) in [5, 5.41) is 7.88. The van der Waals surface area contributed by atoms with Crippen molar-refractivity contribution in [2.75, 3.05) is 37.0 Å². The number of piperidine rings is 1. The van der Waals surface area contributed by atoms with Gasteiger partial charge in [-0.3, -0.25) is 9.59 Å². The minimum absolute atomic E-state index is 0.113. The van der Waals surface area contributed by atoms with E-state index in [4.69, 9.17) is 4.74 Å². The Balaban J connectivity index is 1.33. The smallest absolute Gasteiger partial charge is 0.253 e. The van der Waals surface area contributed by atoms with E-state index in [2.05, 4.69) is 53.4 Å². The molecule has 1 saturated heterocycles. The van der Waals surface area contributed by atoms with E-state index in [0.29, 0.717) is 10.7 Å². The lowest BCUT2D eigenvalue weighted by molar-refractivity contribution is -0.115. The van der Waals surface area contributed by atoms with Gasteiger partial charge in [0.1, 0.15) is 0 Å². The lowest BCUT2D eigenvalue weighted by Gasteiger charge is -2.33. The van der Waals surface area contributed by atoms with Gasteiger partial charge in [0.15, 0.2) is 5.13 Å². The zero-order valence-electron chi connectivity index (χ0n) is 20.7. The van der Waals surface area contributed by atoms with Crippen LogP contribution in [0.5, 0.6) is 0 Å². The van der Waals surface area contributed by atoms with Crippen LogP contribution in [0.2, 0.25) is 0 Å². The second-order valence-electron chi connectivity index (χ2n) is 9.74. The molecule has 0 bridgehead atoms. The van der Waals surface area contributed by atoms with Gasteiger partial charge in [0.2, 0.25) is 5.91 Å². The van der Waals surface area contributed by atoms with Crippen LogP contribution in [0.3, 0.4) is 0 Å². The summed E-state index contributed by atoms with van der Waals surface area (Å²) in [7, 11) is 1.77. The van der Waals surface area contributed by atoms with Gasteiger partial charge in [-0.15, -0.1) is 11.3 Å². The van der Waals surface area contributed by atoms with E-state index in [1.54, 1.807) is 19.4 Å². The standard InChI is InChI=1S/C26H33N5O3S/c1-26(2,3)31-12-10-19(15-31)24(33)27-14-23(32)29-25-28-22(17-35-25)18-7-5-8-20(13-18)30-11-6-9-21(16-30)34-4/h5,7-8,10,12-13,15,17,21H,6,9,11,14,16H2,1-4H3,(H,27,33)(H,28,29,32). The number of aromatic nitrogens is 2. The monoisotopic (exact) mass is 495 g/mol. The molecule has 9 heteroatoms. The molecule has 1 atom stereocenters. The number of nitrogens with one attached hydrogen (secondary N) is 2. The zero-order valence-corrected chi connectivity index (χ0v) is 21.5. The molecule has 1 unspecified atom stereocenters. The van der Waals surface area contributed by atoms with Crippen LogP contribution in [0.25, 0.3) is 11.3 Å². The first-order valence-corrected chi connectivity index (χ1v) is 12.7. The number of hydrogen-bond donors (Lipinski definition) is 2. The van der Waals surface area contributed by atoms with Crippen molar-refractivity contribution in [3.8, 4) is 11.3 Å². The molecule has 186 valence electrons. The molecule has 0 radical (unpaired) electrons. The number of methoxy groups -OCH3 is 1. The van der Waals surface area contributed by atoms with Gasteiger partial charge in [-0.1, -0.05) is 12.1 Å². The Morgan fingerprint density at radius 1 is 1.26 bits per heavy atom. The molecule has 0 aliphatic carbocycles. The van der Waals surface area contributed by atoms with Gasteiger partial charge in [-0.2, -0.15) is 0 Å². The highest BCUT2D eigenvalue weighted by Crippen LogP contribution is 2.29. The Kier molecular flexibility index (Phi) is 7.57. The third kappa shape index (κ3) is 6.29. The molecular formula is C26H33N5O3S. The second-order valence-corrected chi connectivity index (χ2v) is 10.6. The summed E-state index contributed by atoms with van der Waals surface area (Å²) in [4.78, 5) is 31.7. The number of nitrogens with zero attached hydrogens (tertiary/aromatic N) is 3. The fourth-order valence-electron chi connectivity index (χ4n) is 4.06. The normalized spacial score (nSPS) is 16.2. The molecule has 35 heavy (non-hydrogen) atoms. The Labute approximate surface area is 210 Å². The van der Waals surface area contributed by atoms with Gasteiger partial charge >= 0.3 is 0 Å². The molecule has 2 N–H and O–H groups in total. The zero-order chi connectivity index (χ0) is 25.0. The maximum atomic E-state index is 12.4. The van der Waals surface area contributed by atoms with Crippen molar-refractivity contribution in [1.82, 2.24) is 14.9 Å². The molecule has 1 fully saturated rings. The quantitative estimate of drug-likeness (QED) is 0.509. The lowest BCUT2D eigenvalue weighted by atomic mass is 10.1. The molecule has 0 spiro atoms. The molecule has 1 aromatic carbocycles. The summed E-state index contributed by atoms with van der Waals surface area (Å²) in [5.41, 5.74) is 3.36. The van der Waals surface area contributed by atoms with Crippen LogP contribution >= 0.6 is 11.3 Å². The molecule has 0 saturated carbocycles. The van der Waals surface area contributed by atoms with E-state index >= 15 is 0 Å². The SMILES string of the molecule is COC1CCCN(c2cccc(-c3csc(NC(=O)CNC(=O)c4ccn(C(C)(C)C)c4)n3)c2)C1. The van der Waals surface area contributed by atoms with Crippen molar-refractivity contribution in [3.63, 3.8) is 0 Å². The Hall–Kier alpha value is -3.17. The average molecular weight is 496 g/mol. The van der Waals surface area contributed by atoms with Crippen molar-refractivity contribution in [1.29, 1.82) is 0 Å². The summed E-state index contributed by atoms with van der Waals surface area (Å²) in [6, 6.07) is 10.0. The van der Waals surface area contributed by atoms with E-state index in [1.807, 2.05) is 28.3 Å². The van der Waals surface area contributed by atoms with Crippen LogP contribution in [0, 0.1) is 0 Å². The average Bonchev–Trinajstić information content (AvgIpc) is 3.53. The predicted molar refractivity (Wildman–Crippen MR) is 140 cm³/mol. The number of amides is 2. The minimum atomic E-state index is -0.317. The number of rotatable bonds is 7. The fourth-order valence-corrected chi connectivity index (χ4v) is 4.80. The van der Waals surface area contributed by atoms with Crippen LogP contribution in [-0.2, 0) is 15.1 Å². The fraction of sp³-hybridized carbons (Fsp3) is 0.423. The third-order valence-electron chi connectivity index (χ3n) is 6.11. The Morgan fingerprint density at radius 3 is 2.83 bits per heavy atom. The summed E-state index contributed by atoms with van der Waals surface area (Å²) >= 11 is 1.36. The number of ether oxygens (including phenoxy) is 1. The van der Waals surface area contributed by atoms with E-state index < -0.39 is 0 Å². The molecule has 2 amide bonds. The highest BCUT2D eigenvalue weighted by molar-refractivity contribution is 7.14. The summed E-state index contributed by atoms with van der Waals surface area (Å²) < 4.78 is 7.52. The van der Waals surface area contributed by atoms with Crippen LogP contribution in [0.4, 0.5) is 10.8 Å². The molecule has 3 heterocycles. The van der Waals surface area contributed by atoms with Crippen LogP contribution < -0.4 is 15.5 Å². The number of anilines is 2. The maximum Gasteiger partial charge on any atom is 0.253 e. The highest BCUT2D eigenvalue weighted by atomic mass is 32.1. The summed E-state index contributed by atoms with van der Waals surface area (Å²) in [6.07, 6.45) is 6.10. The number of hydrogen-bond acceptors (Lipinski definition) is 6. The van der Waals surface area contributed by atoms with Gasteiger partial charge in [-0.25, -0.2) is 4.98 Å². The molecule has 8 nitrogen and oxygen atoms in total. The first-order valence-electron chi connectivity index (χ1n) is 11.8. The molecule has 4 rings (SSSR count). The molecule has 2 aromatic heterocycles. The van der Waals surface area contributed by atoms with Crippen molar-refractivity contribution in [2.24, 2.45) is 0 Å². The maximum absolute atomic E-state index is 12.4. The Morgan fingerprint density at radius 2 is 2.09 bits per heavy atom. The van der Waals surface area contributed by atoms with Crippen molar-refractivity contribution in [3.05, 3.63) is 53.7 Å². The van der Waals surface area contributed by atoms with Gasteiger partial charge in [-0.05, 0) is 51.8 Å². The van der Waals surface area contributed by atoms with Crippen LogP contribution in [0.15, 0.2) is 48.1 Å². The predicted octanol–water partition coefficient (Wildman–Crippen LogP) is 4.35. The van der Waals surface area contributed by atoms with E-state index in [-0.39, 0.29) is 30.0 Å². The van der Waals surface area contributed by atoms with Gasteiger partial charge in [0.05, 0.1) is 23.9 Å². The van der Waals surface area contributed by atoms with Gasteiger partial charge in [0.25, 0.3) is 5.91 Å². The first-order chi connectivity index (χ1) is 16.7. The van der Waals surface area contributed by atoms with Crippen molar-refractivity contribution >= 4 is 34.0 Å².